The summed E-state index contributed by atoms with van der Waals surface area (Å²) in [6.45, 7) is 0. The van der Waals surface area contributed by atoms with Gasteiger partial charge in [0.1, 0.15) is 5.82 Å². The lowest BCUT2D eigenvalue weighted by Gasteiger charge is -2.11. The van der Waals surface area contributed by atoms with Gasteiger partial charge in [-0.2, -0.15) is 5.26 Å². The van der Waals surface area contributed by atoms with Crippen LogP contribution in [-0.4, -0.2) is 0 Å². The minimum Gasteiger partial charge on any atom is -0.351 e. The van der Waals surface area contributed by atoms with Gasteiger partial charge in [0.15, 0.2) is 0 Å². The molecule has 5 heteroatoms. The molecule has 0 aromatic heterocycles. The van der Waals surface area contributed by atoms with Gasteiger partial charge in [0.2, 0.25) is 0 Å². The third kappa shape index (κ3) is 2.71. The van der Waals surface area contributed by atoms with Crippen molar-refractivity contribution in [1.82, 2.24) is 0 Å². The first-order valence-electron chi connectivity index (χ1n) is 5.02. The number of para-hydroxylation sites is 1. The Hall–Kier alpha value is -1.38. The van der Waals surface area contributed by atoms with Gasteiger partial charge in [-0.1, -0.05) is 6.07 Å². The highest BCUT2D eigenvalue weighted by atomic mass is 79.9. The third-order valence-corrected chi connectivity index (χ3v) is 3.64. The minimum absolute atomic E-state index is 0.347. The first-order valence-corrected chi connectivity index (χ1v) is 6.61. The number of halogens is 3. The maximum atomic E-state index is 13.7. The first-order chi connectivity index (χ1) is 8.61. The van der Waals surface area contributed by atoms with Crippen LogP contribution in [0.25, 0.3) is 0 Å². The van der Waals surface area contributed by atoms with E-state index in [1.54, 1.807) is 30.3 Å². The van der Waals surface area contributed by atoms with E-state index in [-0.39, 0.29) is 5.82 Å². The lowest BCUT2D eigenvalue weighted by Crippen LogP contribution is -1.96. The molecule has 0 aliphatic rings. The summed E-state index contributed by atoms with van der Waals surface area (Å²) in [5, 5.41) is 11.8. The van der Waals surface area contributed by atoms with Crippen LogP contribution in [0, 0.1) is 17.1 Å². The van der Waals surface area contributed by atoms with Crippen molar-refractivity contribution in [2.24, 2.45) is 0 Å². The molecule has 0 saturated carbocycles. The zero-order valence-electron chi connectivity index (χ0n) is 9.05. The van der Waals surface area contributed by atoms with Crippen LogP contribution in [0.4, 0.5) is 15.8 Å². The molecule has 0 fully saturated rings. The molecule has 2 aromatic carbocycles. The highest BCUT2D eigenvalue weighted by Gasteiger charge is 2.08. The number of hydrogen-bond donors (Lipinski definition) is 1. The summed E-state index contributed by atoms with van der Waals surface area (Å²) in [6, 6.07) is 11.9. The van der Waals surface area contributed by atoms with Crippen molar-refractivity contribution in [2.45, 2.75) is 0 Å². The summed E-state index contributed by atoms with van der Waals surface area (Å²) < 4.78 is 15.0. The standard InChI is InChI=1S/C13H7Br2FN2/c14-9-2-1-3-11(16)13(9)18-12-5-4-8(7-17)6-10(12)15/h1-6,18H. The van der Waals surface area contributed by atoms with Gasteiger partial charge in [0.05, 0.1) is 23.0 Å². The SMILES string of the molecule is N#Cc1ccc(Nc2c(F)cccc2Br)c(Br)c1. The summed E-state index contributed by atoms with van der Waals surface area (Å²) in [6.07, 6.45) is 0. The Morgan fingerprint density at radius 2 is 1.89 bits per heavy atom. The Kier molecular flexibility index (Phi) is 4.00. The monoisotopic (exact) mass is 368 g/mol. The van der Waals surface area contributed by atoms with Gasteiger partial charge in [-0.15, -0.1) is 0 Å². The van der Waals surface area contributed by atoms with E-state index in [4.69, 9.17) is 5.26 Å². The number of nitrogens with zero attached hydrogens (tertiary/aromatic N) is 1. The fourth-order valence-corrected chi connectivity index (χ4v) is 2.36. The van der Waals surface area contributed by atoms with Gasteiger partial charge < -0.3 is 5.32 Å². The molecule has 0 bridgehead atoms. The van der Waals surface area contributed by atoms with Crippen LogP contribution in [0.15, 0.2) is 45.3 Å². The summed E-state index contributed by atoms with van der Waals surface area (Å²) in [5.41, 5.74) is 1.60. The molecule has 18 heavy (non-hydrogen) atoms. The fraction of sp³-hybridized carbons (Fsp3) is 0. The van der Waals surface area contributed by atoms with Crippen molar-refractivity contribution < 1.29 is 4.39 Å². The van der Waals surface area contributed by atoms with Gasteiger partial charge in [-0.3, -0.25) is 0 Å². The highest BCUT2D eigenvalue weighted by Crippen LogP contribution is 2.32. The molecule has 0 amide bonds. The third-order valence-electron chi connectivity index (χ3n) is 2.32. The average Bonchev–Trinajstić information content (AvgIpc) is 2.35. The average molecular weight is 370 g/mol. The van der Waals surface area contributed by atoms with Gasteiger partial charge in [-0.05, 0) is 62.2 Å². The second kappa shape index (κ2) is 5.51. The van der Waals surface area contributed by atoms with Crippen molar-refractivity contribution in [3.8, 4) is 6.07 Å². The Balaban J connectivity index is 2.38. The Morgan fingerprint density at radius 1 is 1.11 bits per heavy atom. The number of anilines is 2. The lowest BCUT2D eigenvalue weighted by atomic mass is 10.2. The van der Waals surface area contributed by atoms with Crippen LogP contribution in [0.3, 0.4) is 0 Å². The van der Waals surface area contributed by atoms with Crippen LogP contribution in [0.5, 0.6) is 0 Å². The van der Waals surface area contributed by atoms with Crippen LogP contribution in [-0.2, 0) is 0 Å². The number of nitriles is 1. The molecule has 0 saturated heterocycles. The predicted molar refractivity (Wildman–Crippen MR) is 76.2 cm³/mol. The fourth-order valence-electron chi connectivity index (χ4n) is 1.44. The molecule has 2 rings (SSSR count). The number of rotatable bonds is 2. The van der Waals surface area contributed by atoms with Crippen molar-refractivity contribution in [3.63, 3.8) is 0 Å². The van der Waals surface area contributed by atoms with Gasteiger partial charge in [-0.25, -0.2) is 4.39 Å². The second-order valence-electron chi connectivity index (χ2n) is 3.53. The Bertz CT molecular complexity index is 615. The van der Waals surface area contributed by atoms with Gasteiger partial charge in [0, 0.05) is 8.95 Å². The van der Waals surface area contributed by atoms with E-state index in [0.717, 1.165) is 0 Å². The molecular weight excluding hydrogens is 363 g/mol. The van der Waals surface area contributed by atoms with E-state index >= 15 is 0 Å². The molecular formula is C13H7Br2FN2. The molecule has 0 unspecified atom stereocenters. The molecule has 2 aromatic rings. The van der Waals surface area contributed by atoms with E-state index in [2.05, 4.69) is 37.2 Å². The molecule has 0 aliphatic heterocycles. The molecule has 0 aliphatic carbocycles. The molecule has 0 atom stereocenters. The summed E-state index contributed by atoms with van der Waals surface area (Å²) in [7, 11) is 0. The molecule has 0 heterocycles. The zero-order chi connectivity index (χ0) is 13.1. The number of benzene rings is 2. The summed E-state index contributed by atoms with van der Waals surface area (Å²) >= 11 is 6.63. The second-order valence-corrected chi connectivity index (χ2v) is 5.24. The lowest BCUT2D eigenvalue weighted by molar-refractivity contribution is 0.631. The summed E-state index contributed by atoms with van der Waals surface area (Å²) in [5.74, 6) is -0.347. The minimum atomic E-state index is -0.347. The molecule has 1 N–H and O–H groups in total. The van der Waals surface area contributed by atoms with E-state index in [1.807, 2.05) is 6.07 Å². The zero-order valence-corrected chi connectivity index (χ0v) is 12.2. The molecule has 90 valence electrons. The Morgan fingerprint density at radius 3 is 2.50 bits per heavy atom. The van der Waals surface area contributed by atoms with E-state index in [9.17, 15) is 4.39 Å². The quantitative estimate of drug-likeness (QED) is 0.811. The first kappa shape index (κ1) is 13.1. The maximum Gasteiger partial charge on any atom is 0.147 e. The van der Waals surface area contributed by atoms with Crippen LogP contribution in [0.2, 0.25) is 0 Å². The van der Waals surface area contributed by atoms with Gasteiger partial charge >= 0.3 is 0 Å². The molecule has 0 spiro atoms. The van der Waals surface area contributed by atoms with Crippen molar-refractivity contribution >= 4 is 43.2 Å². The topological polar surface area (TPSA) is 35.8 Å². The molecule has 0 radical (unpaired) electrons. The van der Waals surface area contributed by atoms with Crippen molar-refractivity contribution in [2.75, 3.05) is 5.32 Å². The normalized spacial score (nSPS) is 9.89. The van der Waals surface area contributed by atoms with Crippen molar-refractivity contribution in [1.29, 1.82) is 5.26 Å². The van der Waals surface area contributed by atoms with E-state index in [0.29, 0.717) is 25.9 Å². The largest absolute Gasteiger partial charge is 0.351 e. The number of nitrogens with one attached hydrogen (secondary N) is 1. The maximum absolute atomic E-state index is 13.7. The Labute approximate surface area is 121 Å². The predicted octanol–water partition coefficient (Wildman–Crippen LogP) is 4.97. The van der Waals surface area contributed by atoms with E-state index in [1.165, 1.54) is 6.07 Å². The van der Waals surface area contributed by atoms with Crippen LogP contribution >= 0.6 is 31.9 Å². The number of hydrogen-bond acceptors (Lipinski definition) is 2. The highest BCUT2D eigenvalue weighted by molar-refractivity contribution is 9.11. The molecule has 2 nitrogen and oxygen atoms in total. The van der Waals surface area contributed by atoms with Crippen molar-refractivity contribution in [3.05, 3.63) is 56.7 Å². The van der Waals surface area contributed by atoms with E-state index < -0.39 is 0 Å². The summed E-state index contributed by atoms with van der Waals surface area (Å²) in [4.78, 5) is 0. The van der Waals surface area contributed by atoms with Crippen LogP contribution in [0.1, 0.15) is 5.56 Å². The van der Waals surface area contributed by atoms with Gasteiger partial charge in [0.25, 0.3) is 0 Å². The smallest absolute Gasteiger partial charge is 0.147 e. The van der Waals surface area contributed by atoms with Crippen LogP contribution < -0.4 is 5.32 Å².